The smallest absolute Gasteiger partial charge is 0.170 e. The summed E-state index contributed by atoms with van der Waals surface area (Å²) in [6.45, 7) is 2.83. The Morgan fingerprint density at radius 3 is 3.18 bits per heavy atom. The van der Waals surface area contributed by atoms with E-state index >= 15 is 0 Å². The fourth-order valence-corrected chi connectivity index (χ4v) is 2.33. The van der Waals surface area contributed by atoms with Gasteiger partial charge in [0.25, 0.3) is 0 Å². The number of rotatable bonds is 3. The highest BCUT2D eigenvalue weighted by atomic mass is 32.2. The van der Waals surface area contributed by atoms with Gasteiger partial charge in [-0.2, -0.15) is 4.37 Å². The van der Waals surface area contributed by atoms with Crippen LogP contribution in [0.25, 0.3) is 0 Å². The predicted octanol–water partition coefficient (Wildman–Crippen LogP) is 1.34. The number of thioether (sulfide) groups is 1. The lowest BCUT2D eigenvalue weighted by Crippen LogP contribution is -1.87. The summed E-state index contributed by atoms with van der Waals surface area (Å²) in [4.78, 5) is 4.23. The molecule has 1 aromatic rings. The second-order valence-corrected chi connectivity index (χ2v) is 4.39. The number of nitrogens with zero attached hydrogens (tertiary/aromatic N) is 2. The zero-order valence-electron chi connectivity index (χ0n) is 6.11. The van der Waals surface area contributed by atoms with Gasteiger partial charge in [0.05, 0.1) is 12.7 Å². The molecule has 0 radical (unpaired) electrons. The molecule has 0 spiro atoms. The number of ether oxygens (including phenoxy) is 1. The van der Waals surface area contributed by atoms with E-state index in [0.29, 0.717) is 6.10 Å². The van der Waals surface area contributed by atoms with Gasteiger partial charge in [-0.05, 0) is 18.5 Å². The van der Waals surface area contributed by atoms with Gasteiger partial charge in [-0.15, -0.1) is 0 Å². The number of aryl methyl sites for hydroxylation is 1. The molecule has 2 rings (SSSR count). The zero-order chi connectivity index (χ0) is 7.68. The van der Waals surface area contributed by atoms with Gasteiger partial charge in [-0.1, -0.05) is 11.8 Å². The van der Waals surface area contributed by atoms with Crippen molar-refractivity contribution in [2.75, 3.05) is 12.4 Å². The SMILES string of the molecule is Cc1nsc(SC[C@H]2CO2)n1. The lowest BCUT2D eigenvalue weighted by Gasteiger charge is -1.88. The van der Waals surface area contributed by atoms with Crippen LogP contribution in [-0.2, 0) is 4.74 Å². The fraction of sp³-hybridized carbons (Fsp3) is 0.667. The molecule has 60 valence electrons. The van der Waals surface area contributed by atoms with Crippen molar-refractivity contribution in [3.05, 3.63) is 5.82 Å². The molecule has 0 bridgehead atoms. The standard InChI is InChI=1S/C6H8N2OS2/c1-4-7-6(11-8-4)10-3-5-2-9-5/h5H,2-3H2,1H3/t5-/m1/s1. The molecular weight excluding hydrogens is 180 g/mol. The lowest BCUT2D eigenvalue weighted by atomic mass is 10.6. The summed E-state index contributed by atoms with van der Waals surface area (Å²) in [5.74, 6) is 1.89. The first kappa shape index (κ1) is 7.52. The first-order valence-electron chi connectivity index (χ1n) is 3.39. The predicted molar refractivity (Wildman–Crippen MR) is 45.1 cm³/mol. The molecule has 0 unspecified atom stereocenters. The van der Waals surface area contributed by atoms with Crippen LogP contribution in [0.2, 0.25) is 0 Å². The van der Waals surface area contributed by atoms with E-state index in [0.717, 1.165) is 22.5 Å². The molecule has 1 aromatic heterocycles. The maximum absolute atomic E-state index is 5.07. The third-order valence-electron chi connectivity index (χ3n) is 1.30. The highest BCUT2D eigenvalue weighted by Crippen LogP contribution is 2.24. The van der Waals surface area contributed by atoms with E-state index in [1.165, 1.54) is 11.5 Å². The van der Waals surface area contributed by atoms with Gasteiger partial charge >= 0.3 is 0 Å². The van der Waals surface area contributed by atoms with Crippen LogP contribution in [0.4, 0.5) is 0 Å². The van der Waals surface area contributed by atoms with Crippen LogP contribution < -0.4 is 0 Å². The van der Waals surface area contributed by atoms with Crippen molar-refractivity contribution in [2.24, 2.45) is 0 Å². The first-order valence-corrected chi connectivity index (χ1v) is 5.15. The van der Waals surface area contributed by atoms with Crippen LogP contribution in [0.5, 0.6) is 0 Å². The van der Waals surface area contributed by atoms with Crippen molar-refractivity contribution in [3.8, 4) is 0 Å². The Bertz CT molecular complexity index is 246. The van der Waals surface area contributed by atoms with E-state index in [1.807, 2.05) is 6.92 Å². The van der Waals surface area contributed by atoms with Gasteiger partial charge in [0.2, 0.25) is 0 Å². The zero-order valence-corrected chi connectivity index (χ0v) is 7.74. The molecule has 0 N–H and O–H groups in total. The summed E-state index contributed by atoms with van der Waals surface area (Å²) in [5, 5.41) is 0. The molecule has 0 amide bonds. The molecule has 0 aromatic carbocycles. The second kappa shape index (κ2) is 3.08. The number of hydrogen-bond acceptors (Lipinski definition) is 5. The minimum atomic E-state index is 0.476. The number of aromatic nitrogens is 2. The fourth-order valence-electron chi connectivity index (χ4n) is 0.665. The van der Waals surface area contributed by atoms with Gasteiger partial charge in [0.15, 0.2) is 4.34 Å². The molecule has 1 saturated heterocycles. The van der Waals surface area contributed by atoms with Crippen molar-refractivity contribution < 1.29 is 4.74 Å². The van der Waals surface area contributed by atoms with E-state index in [9.17, 15) is 0 Å². The Hall–Kier alpha value is -0.130. The van der Waals surface area contributed by atoms with E-state index in [2.05, 4.69) is 9.36 Å². The highest BCUT2D eigenvalue weighted by Gasteiger charge is 2.22. The second-order valence-electron chi connectivity index (χ2n) is 2.37. The average molecular weight is 188 g/mol. The van der Waals surface area contributed by atoms with E-state index < -0.39 is 0 Å². The number of hydrogen-bond donors (Lipinski definition) is 0. The summed E-state index contributed by atoms with van der Waals surface area (Å²) in [5.41, 5.74) is 0. The maximum Gasteiger partial charge on any atom is 0.170 e. The molecule has 1 atom stereocenters. The third-order valence-corrected chi connectivity index (χ3v) is 3.36. The summed E-state index contributed by atoms with van der Waals surface area (Å²) in [7, 11) is 0. The molecule has 1 aliphatic rings. The first-order chi connectivity index (χ1) is 5.34. The lowest BCUT2D eigenvalue weighted by molar-refractivity contribution is 0.426. The quantitative estimate of drug-likeness (QED) is 0.530. The van der Waals surface area contributed by atoms with Gasteiger partial charge < -0.3 is 4.74 Å². The van der Waals surface area contributed by atoms with E-state index in [-0.39, 0.29) is 0 Å². The van der Waals surface area contributed by atoms with Crippen LogP contribution in [0.1, 0.15) is 5.82 Å². The Morgan fingerprint density at radius 1 is 1.82 bits per heavy atom. The van der Waals surface area contributed by atoms with Crippen molar-refractivity contribution in [2.45, 2.75) is 17.4 Å². The summed E-state index contributed by atoms with van der Waals surface area (Å²) >= 11 is 3.20. The molecule has 1 fully saturated rings. The Kier molecular flexibility index (Phi) is 2.11. The minimum absolute atomic E-state index is 0.476. The van der Waals surface area contributed by atoms with Gasteiger partial charge in [-0.3, -0.25) is 0 Å². The molecular formula is C6H8N2OS2. The Balaban J connectivity index is 1.85. The summed E-state index contributed by atoms with van der Waals surface area (Å²) < 4.78 is 10.2. The van der Waals surface area contributed by atoms with Crippen LogP contribution in [0, 0.1) is 6.92 Å². The molecule has 5 heteroatoms. The normalized spacial score (nSPS) is 22.1. The molecule has 1 aliphatic heterocycles. The van der Waals surface area contributed by atoms with Crippen LogP contribution in [0.3, 0.4) is 0 Å². The monoisotopic (exact) mass is 188 g/mol. The number of epoxide rings is 1. The van der Waals surface area contributed by atoms with E-state index in [4.69, 9.17) is 4.74 Å². The summed E-state index contributed by atoms with van der Waals surface area (Å²) in [6, 6.07) is 0. The molecule has 0 aliphatic carbocycles. The van der Waals surface area contributed by atoms with Gasteiger partial charge in [0.1, 0.15) is 5.82 Å². The van der Waals surface area contributed by atoms with Crippen LogP contribution >= 0.6 is 23.3 Å². The molecule has 11 heavy (non-hydrogen) atoms. The van der Waals surface area contributed by atoms with Gasteiger partial charge in [-0.25, -0.2) is 4.98 Å². The van der Waals surface area contributed by atoms with Crippen molar-refractivity contribution in [1.29, 1.82) is 0 Å². The van der Waals surface area contributed by atoms with E-state index in [1.54, 1.807) is 11.8 Å². The molecule has 2 heterocycles. The third kappa shape index (κ3) is 2.15. The van der Waals surface area contributed by atoms with Gasteiger partial charge in [0, 0.05) is 5.75 Å². The average Bonchev–Trinajstić information content (AvgIpc) is 2.72. The van der Waals surface area contributed by atoms with Crippen molar-refractivity contribution in [1.82, 2.24) is 9.36 Å². The Labute approximate surface area is 73.3 Å². The molecule has 0 saturated carbocycles. The topological polar surface area (TPSA) is 38.3 Å². The highest BCUT2D eigenvalue weighted by molar-refractivity contribution is 8.00. The minimum Gasteiger partial charge on any atom is -0.372 e. The van der Waals surface area contributed by atoms with Crippen LogP contribution in [-0.4, -0.2) is 27.8 Å². The Morgan fingerprint density at radius 2 is 2.64 bits per heavy atom. The van der Waals surface area contributed by atoms with Crippen LogP contribution in [0.15, 0.2) is 4.34 Å². The van der Waals surface area contributed by atoms with Crippen molar-refractivity contribution >= 4 is 23.3 Å². The molecule has 3 nitrogen and oxygen atoms in total. The van der Waals surface area contributed by atoms with Crippen molar-refractivity contribution in [3.63, 3.8) is 0 Å². The maximum atomic E-state index is 5.07. The largest absolute Gasteiger partial charge is 0.372 e. The summed E-state index contributed by atoms with van der Waals surface area (Å²) in [6.07, 6.45) is 0.476.